The summed E-state index contributed by atoms with van der Waals surface area (Å²) >= 11 is 0. The van der Waals surface area contributed by atoms with Crippen molar-refractivity contribution in [2.75, 3.05) is 26.2 Å². The lowest BCUT2D eigenvalue weighted by atomic mass is 9.91. The Bertz CT molecular complexity index is 210. The van der Waals surface area contributed by atoms with Crippen LogP contribution in [0.25, 0.3) is 0 Å². The van der Waals surface area contributed by atoms with E-state index in [0.717, 1.165) is 18.5 Å². The Morgan fingerprint density at radius 1 is 1.38 bits per heavy atom. The largest absolute Gasteiger partial charge is 0.395 e. The number of hydrogen-bond acceptors (Lipinski definition) is 3. The van der Waals surface area contributed by atoms with E-state index in [9.17, 15) is 0 Å². The summed E-state index contributed by atoms with van der Waals surface area (Å²) in [6.45, 7) is 6.19. The van der Waals surface area contributed by atoms with Crippen molar-refractivity contribution < 1.29 is 5.11 Å². The fourth-order valence-corrected chi connectivity index (χ4v) is 3.35. The van der Waals surface area contributed by atoms with Gasteiger partial charge < -0.3 is 15.3 Å². The van der Waals surface area contributed by atoms with E-state index in [1.54, 1.807) is 0 Å². The maximum Gasteiger partial charge on any atom is 0.0584 e. The van der Waals surface area contributed by atoms with Crippen LogP contribution in [0.4, 0.5) is 0 Å². The third-order valence-electron chi connectivity index (χ3n) is 4.29. The van der Waals surface area contributed by atoms with E-state index in [2.05, 4.69) is 17.1 Å². The van der Waals surface area contributed by atoms with Crippen molar-refractivity contribution >= 4 is 0 Å². The van der Waals surface area contributed by atoms with Gasteiger partial charge >= 0.3 is 0 Å². The summed E-state index contributed by atoms with van der Waals surface area (Å²) < 4.78 is 0. The molecule has 2 rings (SSSR count). The highest BCUT2D eigenvalue weighted by Crippen LogP contribution is 2.26. The molecule has 0 radical (unpaired) electrons. The molecule has 0 amide bonds. The number of hydrogen-bond donors (Lipinski definition) is 2. The van der Waals surface area contributed by atoms with Gasteiger partial charge in [0.25, 0.3) is 0 Å². The first kappa shape index (κ1) is 12.3. The molecule has 0 saturated carbocycles. The second-order valence-corrected chi connectivity index (χ2v) is 5.40. The molecule has 2 fully saturated rings. The maximum atomic E-state index is 9.11. The lowest BCUT2D eigenvalue weighted by molar-refractivity contribution is 0.133. The lowest BCUT2D eigenvalue weighted by Crippen LogP contribution is -2.40. The highest BCUT2D eigenvalue weighted by Gasteiger charge is 2.29. The molecule has 3 heteroatoms. The minimum absolute atomic E-state index is 0.304. The summed E-state index contributed by atoms with van der Waals surface area (Å²) in [5, 5.41) is 12.5. The molecule has 0 spiro atoms. The van der Waals surface area contributed by atoms with E-state index in [4.69, 9.17) is 5.11 Å². The first-order chi connectivity index (χ1) is 7.83. The molecule has 2 heterocycles. The number of likely N-dealkylation sites (tertiary alicyclic amines) is 1. The number of nitrogens with zero attached hydrogens (tertiary/aromatic N) is 1. The minimum Gasteiger partial charge on any atom is -0.395 e. The van der Waals surface area contributed by atoms with Crippen LogP contribution in [0.2, 0.25) is 0 Å². The fourth-order valence-electron chi connectivity index (χ4n) is 3.35. The second-order valence-electron chi connectivity index (χ2n) is 5.40. The molecule has 3 unspecified atom stereocenters. The van der Waals surface area contributed by atoms with Crippen LogP contribution in [0.3, 0.4) is 0 Å². The quantitative estimate of drug-likeness (QED) is 0.756. The van der Waals surface area contributed by atoms with Crippen LogP contribution in [0.1, 0.15) is 39.0 Å². The standard InChI is InChI=1S/C13H26N2O/c1-2-15-6-4-3-5-13(15)8-11-7-12(10-16)14-9-11/h11-14,16H,2-10H2,1H3. The molecule has 3 nitrogen and oxygen atoms in total. The van der Waals surface area contributed by atoms with Crippen molar-refractivity contribution in [2.45, 2.75) is 51.1 Å². The van der Waals surface area contributed by atoms with Crippen LogP contribution in [-0.4, -0.2) is 48.3 Å². The Hall–Kier alpha value is -0.120. The number of rotatable bonds is 4. The number of aliphatic hydroxyl groups is 1. The van der Waals surface area contributed by atoms with Gasteiger partial charge in [-0.3, -0.25) is 0 Å². The highest BCUT2D eigenvalue weighted by atomic mass is 16.3. The topological polar surface area (TPSA) is 35.5 Å². The summed E-state index contributed by atoms with van der Waals surface area (Å²) in [5.41, 5.74) is 0. The molecular formula is C13H26N2O. The lowest BCUT2D eigenvalue weighted by Gasteiger charge is -2.36. The molecular weight excluding hydrogens is 200 g/mol. The molecule has 0 bridgehead atoms. The van der Waals surface area contributed by atoms with Gasteiger partial charge in [0.05, 0.1) is 6.61 Å². The van der Waals surface area contributed by atoms with E-state index in [1.165, 1.54) is 45.2 Å². The first-order valence-electron chi connectivity index (χ1n) is 6.91. The van der Waals surface area contributed by atoms with Crippen LogP contribution in [0.15, 0.2) is 0 Å². The minimum atomic E-state index is 0.304. The summed E-state index contributed by atoms with van der Waals surface area (Å²) in [4.78, 5) is 2.65. The zero-order valence-electron chi connectivity index (χ0n) is 10.5. The number of aliphatic hydroxyl groups excluding tert-OH is 1. The molecule has 2 N–H and O–H groups in total. The predicted molar refractivity (Wildman–Crippen MR) is 66.5 cm³/mol. The van der Waals surface area contributed by atoms with Crippen molar-refractivity contribution in [1.29, 1.82) is 0 Å². The van der Waals surface area contributed by atoms with E-state index in [1.807, 2.05) is 0 Å². The molecule has 2 saturated heterocycles. The highest BCUT2D eigenvalue weighted by molar-refractivity contribution is 4.86. The third kappa shape index (κ3) is 2.96. The van der Waals surface area contributed by atoms with Crippen molar-refractivity contribution in [3.05, 3.63) is 0 Å². The molecule has 0 aliphatic carbocycles. The van der Waals surface area contributed by atoms with E-state index in [-0.39, 0.29) is 0 Å². The van der Waals surface area contributed by atoms with Crippen LogP contribution >= 0.6 is 0 Å². The maximum absolute atomic E-state index is 9.11. The van der Waals surface area contributed by atoms with Crippen molar-refractivity contribution in [3.63, 3.8) is 0 Å². The van der Waals surface area contributed by atoms with E-state index < -0.39 is 0 Å². The average molecular weight is 226 g/mol. The van der Waals surface area contributed by atoms with Gasteiger partial charge in [-0.1, -0.05) is 13.3 Å². The van der Waals surface area contributed by atoms with Gasteiger partial charge in [-0.05, 0) is 51.2 Å². The van der Waals surface area contributed by atoms with Gasteiger partial charge in [0.1, 0.15) is 0 Å². The molecule has 0 aromatic rings. The summed E-state index contributed by atoms with van der Waals surface area (Å²) in [5.74, 6) is 0.786. The molecule has 0 aromatic carbocycles. The van der Waals surface area contributed by atoms with Gasteiger partial charge in [-0.15, -0.1) is 0 Å². The van der Waals surface area contributed by atoms with Gasteiger partial charge in [0.15, 0.2) is 0 Å². The Kier molecular flexibility index (Phi) is 4.62. The molecule has 3 atom stereocenters. The Balaban J connectivity index is 1.79. The number of piperidine rings is 1. The van der Waals surface area contributed by atoms with Crippen molar-refractivity contribution in [1.82, 2.24) is 10.2 Å². The average Bonchev–Trinajstić information content (AvgIpc) is 2.77. The summed E-state index contributed by atoms with van der Waals surface area (Å²) in [7, 11) is 0. The Morgan fingerprint density at radius 3 is 2.94 bits per heavy atom. The Morgan fingerprint density at radius 2 is 2.25 bits per heavy atom. The second kappa shape index (κ2) is 5.99. The summed E-state index contributed by atoms with van der Waals surface area (Å²) in [6.07, 6.45) is 6.67. The van der Waals surface area contributed by atoms with Crippen LogP contribution < -0.4 is 5.32 Å². The van der Waals surface area contributed by atoms with Crippen LogP contribution in [-0.2, 0) is 0 Å². The van der Waals surface area contributed by atoms with Gasteiger partial charge in [0.2, 0.25) is 0 Å². The van der Waals surface area contributed by atoms with Gasteiger partial charge in [0, 0.05) is 12.1 Å². The van der Waals surface area contributed by atoms with Crippen LogP contribution in [0.5, 0.6) is 0 Å². The monoisotopic (exact) mass is 226 g/mol. The molecule has 0 aromatic heterocycles. The van der Waals surface area contributed by atoms with Crippen molar-refractivity contribution in [3.8, 4) is 0 Å². The van der Waals surface area contributed by atoms with E-state index in [0.29, 0.717) is 12.6 Å². The van der Waals surface area contributed by atoms with Gasteiger partial charge in [-0.2, -0.15) is 0 Å². The predicted octanol–water partition coefficient (Wildman–Crippen LogP) is 1.22. The molecule has 16 heavy (non-hydrogen) atoms. The summed E-state index contributed by atoms with van der Waals surface area (Å²) in [6, 6.07) is 1.17. The first-order valence-corrected chi connectivity index (χ1v) is 6.91. The molecule has 2 aliphatic heterocycles. The smallest absolute Gasteiger partial charge is 0.0584 e. The zero-order valence-corrected chi connectivity index (χ0v) is 10.5. The Labute approximate surface area is 99.2 Å². The number of nitrogens with one attached hydrogen (secondary N) is 1. The van der Waals surface area contributed by atoms with Gasteiger partial charge in [-0.25, -0.2) is 0 Å². The SMILES string of the molecule is CCN1CCCCC1CC1CNC(CO)C1. The third-order valence-corrected chi connectivity index (χ3v) is 4.29. The fraction of sp³-hybridized carbons (Fsp3) is 1.00. The van der Waals surface area contributed by atoms with E-state index >= 15 is 0 Å². The van der Waals surface area contributed by atoms with Crippen LogP contribution in [0, 0.1) is 5.92 Å². The normalized spacial score (nSPS) is 36.8. The molecule has 2 aliphatic rings. The van der Waals surface area contributed by atoms with Crippen molar-refractivity contribution in [2.24, 2.45) is 5.92 Å². The molecule has 94 valence electrons. The zero-order chi connectivity index (χ0) is 11.4.